The molecule has 1 aliphatic rings. The van der Waals surface area contributed by atoms with Gasteiger partial charge in [0, 0.05) is 37.6 Å². The molecule has 0 atom stereocenters. The van der Waals surface area contributed by atoms with Crippen molar-refractivity contribution >= 4 is 33.1 Å². The lowest BCUT2D eigenvalue weighted by molar-refractivity contribution is -0.119. The highest BCUT2D eigenvalue weighted by atomic mass is 32.2. The molecule has 27 heavy (non-hydrogen) atoms. The van der Waals surface area contributed by atoms with Crippen LogP contribution in [0.15, 0.2) is 34.7 Å². The number of anilines is 1. The van der Waals surface area contributed by atoms with Gasteiger partial charge in [-0.3, -0.25) is 4.79 Å². The van der Waals surface area contributed by atoms with Crippen molar-refractivity contribution in [2.45, 2.75) is 43.5 Å². The minimum Gasteiger partial charge on any atom is -0.357 e. The molecule has 3 rings (SSSR count). The molecule has 1 fully saturated rings. The number of pyridine rings is 1. The number of nitrogens with zero attached hydrogens (tertiary/aromatic N) is 2. The highest BCUT2D eigenvalue weighted by Crippen LogP contribution is 2.22. The third-order valence-electron chi connectivity index (χ3n) is 4.37. The van der Waals surface area contributed by atoms with E-state index in [9.17, 15) is 13.2 Å². The molecule has 0 aliphatic carbocycles. The first-order valence-corrected chi connectivity index (χ1v) is 11.3. The largest absolute Gasteiger partial charge is 0.357 e. The fraction of sp³-hybridized carbons (Fsp3) is 0.444. The summed E-state index contributed by atoms with van der Waals surface area (Å²) in [5, 5.41) is 2.67. The number of amides is 1. The quantitative estimate of drug-likeness (QED) is 0.733. The van der Waals surface area contributed by atoms with Crippen molar-refractivity contribution in [2.24, 2.45) is 0 Å². The first-order chi connectivity index (χ1) is 12.9. The molecule has 0 radical (unpaired) electrons. The predicted molar refractivity (Wildman–Crippen MR) is 106 cm³/mol. The zero-order valence-corrected chi connectivity index (χ0v) is 16.9. The van der Waals surface area contributed by atoms with Gasteiger partial charge in [-0.2, -0.15) is 0 Å². The lowest BCUT2D eigenvalue weighted by atomic mass is 10.1. The molecular formula is C18H24N4O3S2. The Morgan fingerprint density at radius 1 is 1.19 bits per heavy atom. The van der Waals surface area contributed by atoms with Gasteiger partial charge >= 0.3 is 0 Å². The first-order valence-electron chi connectivity index (χ1n) is 8.97. The number of sulfonamides is 1. The van der Waals surface area contributed by atoms with Crippen LogP contribution in [0.4, 0.5) is 5.82 Å². The summed E-state index contributed by atoms with van der Waals surface area (Å²) >= 11 is 1.16. The predicted octanol–water partition coefficient (Wildman–Crippen LogP) is 2.25. The molecule has 7 nitrogen and oxygen atoms in total. The van der Waals surface area contributed by atoms with Crippen LogP contribution in [0.2, 0.25) is 0 Å². The highest BCUT2D eigenvalue weighted by molar-refractivity contribution is 7.91. The van der Waals surface area contributed by atoms with E-state index in [4.69, 9.17) is 0 Å². The van der Waals surface area contributed by atoms with Gasteiger partial charge in [0.05, 0.1) is 6.54 Å². The number of rotatable bonds is 7. The molecule has 2 aromatic heterocycles. The van der Waals surface area contributed by atoms with Crippen molar-refractivity contribution in [1.82, 2.24) is 15.0 Å². The Balaban J connectivity index is 1.62. The minimum absolute atomic E-state index is 0.145. The Labute approximate surface area is 163 Å². The highest BCUT2D eigenvalue weighted by Gasteiger charge is 2.17. The van der Waals surface area contributed by atoms with Crippen LogP contribution in [0.3, 0.4) is 0 Å². The summed E-state index contributed by atoms with van der Waals surface area (Å²) in [6, 6.07) is 7.06. The molecule has 2 N–H and O–H groups in total. The Morgan fingerprint density at radius 2 is 1.96 bits per heavy atom. The summed E-state index contributed by atoms with van der Waals surface area (Å²) < 4.78 is 28.0. The molecule has 0 saturated carbocycles. The SMILES string of the molecule is CC(=O)NCc1ccc(S(=O)(=O)NCc2ccnc(N3CCCCC3)c2)s1. The number of thiophene rings is 1. The fourth-order valence-corrected chi connectivity index (χ4v) is 5.28. The fourth-order valence-electron chi connectivity index (χ4n) is 2.93. The number of nitrogens with one attached hydrogen (secondary N) is 2. The zero-order chi connectivity index (χ0) is 19.3. The van der Waals surface area contributed by atoms with E-state index in [2.05, 4.69) is 19.9 Å². The van der Waals surface area contributed by atoms with Crippen LogP contribution in [-0.4, -0.2) is 32.4 Å². The van der Waals surface area contributed by atoms with Crippen molar-refractivity contribution < 1.29 is 13.2 Å². The molecular weight excluding hydrogens is 384 g/mol. The summed E-state index contributed by atoms with van der Waals surface area (Å²) in [7, 11) is -3.59. The Kier molecular flexibility index (Phi) is 6.46. The van der Waals surface area contributed by atoms with E-state index < -0.39 is 10.0 Å². The van der Waals surface area contributed by atoms with Crippen LogP contribution in [0.5, 0.6) is 0 Å². The van der Waals surface area contributed by atoms with Crippen molar-refractivity contribution in [2.75, 3.05) is 18.0 Å². The van der Waals surface area contributed by atoms with Gasteiger partial charge in [0.2, 0.25) is 15.9 Å². The van der Waals surface area contributed by atoms with Gasteiger partial charge in [-0.15, -0.1) is 11.3 Å². The van der Waals surface area contributed by atoms with Crippen LogP contribution in [0, 0.1) is 0 Å². The van der Waals surface area contributed by atoms with Crippen molar-refractivity contribution in [1.29, 1.82) is 0 Å². The Bertz CT molecular complexity index is 890. The second kappa shape index (κ2) is 8.81. The average Bonchev–Trinajstić information content (AvgIpc) is 3.16. The van der Waals surface area contributed by atoms with E-state index in [1.54, 1.807) is 18.3 Å². The van der Waals surface area contributed by atoms with E-state index in [-0.39, 0.29) is 16.7 Å². The topological polar surface area (TPSA) is 91.4 Å². The number of piperidine rings is 1. The van der Waals surface area contributed by atoms with E-state index in [1.807, 2.05) is 12.1 Å². The zero-order valence-electron chi connectivity index (χ0n) is 15.3. The Morgan fingerprint density at radius 3 is 2.70 bits per heavy atom. The summed E-state index contributed by atoms with van der Waals surface area (Å²) in [5.74, 6) is 0.758. The van der Waals surface area contributed by atoms with E-state index >= 15 is 0 Å². The van der Waals surface area contributed by atoms with E-state index in [0.717, 1.165) is 53.5 Å². The maximum Gasteiger partial charge on any atom is 0.250 e. The van der Waals surface area contributed by atoms with E-state index in [0.29, 0.717) is 6.54 Å². The van der Waals surface area contributed by atoms with E-state index in [1.165, 1.54) is 13.3 Å². The maximum atomic E-state index is 12.5. The standard InChI is InChI=1S/C18H24N4O3S2/c1-14(23)20-13-16-5-6-18(26-16)27(24,25)21-12-15-7-8-19-17(11-15)22-9-3-2-4-10-22/h5-8,11,21H,2-4,9-10,12-13H2,1H3,(H,20,23). The Hall–Kier alpha value is -1.97. The second-order valence-corrected chi connectivity index (χ2v) is 9.69. The van der Waals surface area contributed by atoms with Crippen LogP contribution in [0.25, 0.3) is 0 Å². The summed E-state index contributed by atoms with van der Waals surface area (Å²) in [5.41, 5.74) is 0.879. The molecule has 0 bridgehead atoms. The smallest absolute Gasteiger partial charge is 0.250 e. The van der Waals surface area contributed by atoms with Gasteiger partial charge in [-0.1, -0.05) is 0 Å². The van der Waals surface area contributed by atoms with Crippen molar-refractivity contribution in [3.05, 3.63) is 40.9 Å². The monoisotopic (exact) mass is 408 g/mol. The van der Waals surface area contributed by atoms with Gasteiger partial charge in [-0.05, 0) is 49.1 Å². The summed E-state index contributed by atoms with van der Waals surface area (Å²) in [4.78, 5) is 18.4. The molecule has 146 valence electrons. The summed E-state index contributed by atoms with van der Waals surface area (Å²) in [6.07, 6.45) is 5.31. The molecule has 1 saturated heterocycles. The van der Waals surface area contributed by atoms with Gasteiger partial charge in [0.1, 0.15) is 10.0 Å². The lowest BCUT2D eigenvalue weighted by Crippen LogP contribution is -2.30. The number of carbonyl (C=O) groups excluding carboxylic acids is 1. The van der Waals surface area contributed by atoms with Crippen LogP contribution < -0.4 is 14.9 Å². The number of carbonyl (C=O) groups is 1. The van der Waals surface area contributed by atoms with Crippen molar-refractivity contribution in [3.8, 4) is 0 Å². The normalized spacial score (nSPS) is 14.9. The first kappa shape index (κ1) is 19.8. The van der Waals surface area contributed by atoms with Crippen molar-refractivity contribution in [3.63, 3.8) is 0 Å². The average molecular weight is 409 g/mol. The maximum absolute atomic E-state index is 12.5. The molecule has 0 spiro atoms. The second-order valence-electron chi connectivity index (χ2n) is 6.53. The molecule has 2 aromatic rings. The third kappa shape index (κ3) is 5.50. The van der Waals surface area contributed by atoms with Gasteiger partial charge in [0.25, 0.3) is 0 Å². The summed E-state index contributed by atoms with van der Waals surface area (Å²) in [6.45, 7) is 3.96. The van der Waals surface area contributed by atoms with Gasteiger partial charge in [0.15, 0.2) is 0 Å². The van der Waals surface area contributed by atoms with Gasteiger partial charge < -0.3 is 10.2 Å². The molecule has 1 aliphatic heterocycles. The third-order valence-corrected chi connectivity index (χ3v) is 7.35. The molecule has 0 unspecified atom stereocenters. The van der Waals surface area contributed by atoms with Crippen LogP contribution in [-0.2, 0) is 27.9 Å². The number of hydrogen-bond acceptors (Lipinski definition) is 6. The van der Waals surface area contributed by atoms with Crippen LogP contribution >= 0.6 is 11.3 Å². The van der Waals surface area contributed by atoms with Crippen LogP contribution in [0.1, 0.15) is 36.6 Å². The van der Waals surface area contributed by atoms with Gasteiger partial charge in [-0.25, -0.2) is 18.1 Å². The molecule has 9 heteroatoms. The number of hydrogen-bond donors (Lipinski definition) is 2. The molecule has 0 aromatic carbocycles. The molecule has 3 heterocycles. The minimum atomic E-state index is -3.59. The molecule has 1 amide bonds. The number of aromatic nitrogens is 1. The lowest BCUT2D eigenvalue weighted by Gasteiger charge is -2.27.